The van der Waals surface area contributed by atoms with Crippen LogP contribution in [0.15, 0.2) is 42.6 Å². The first-order valence-electron chi connectivity index (χ1n) is 8.79. The van der Waals surface area contributed by atoms with E-state index in [1.807, 2.05) is 36.7 Å². The molecule has 2 aromatic heterocycles. The van der Waals surface area contributed by atoms with Crippen LogP contribution in [0.3, 0.4) is 0 Å². The molecule has 1 aromatic carbocycles. The largest absolute Gasteiger partial charge is 0.494 e. The van der Waals surface area contributed by atoms with Gasteiger partial charge in [0.2, 0.25) is 0 Å². The van der Waals surface area contributed by atoms with Crippen molar-refractivity contribution in [3.05, 3.63) is 70.8 Å². The molecule has 140 valence electrons. The highest BCUT2D eigenvalue weighted by atomic mass is 16.5. The summed E-state index contributed by atoms with van der Waals surface area (Å²) >= 11 is 0. The summed E-state index contributed by atoms with van der Waals surface area (Å²) in [6.45, 7) is 6.51. The number of ether oxygens (including phenoxy) is 1. The summed E-state index contributed by atoms with van der Waals surface area (Å²) in [6.07, 6.45) is 1.59. The Bertz CT molecular complexity index is 978. The number of carbonyl (C=O) groups excluding carboxylic acids is 1. The van der Waals surface area contributed by atoms with Gasteiger partial charge in [-0.05, 0) is 44.5 Å². The molecule has 27 heavy (non-hydrogen) atoms. The Morgan fingerprint density at radius 3 is 2.59 bits per heavy atom. The lowest BCUT2D eigenvalue weighted by molar-refractivity contribution is 0.0775. The minimum absolute atomic E-state index is 0.185. The fourth-order valence-electron chi connectivity index (χ4n) is 3.15. The minimum Gasteiger partial charge on any atom is -0.494 e. The van der Waals surface area contributed by atoms with Crippen molar-refractivity contribution >= 4 is 5.91 Å². The van der Waals surface area contributed by atoms with Crippen molar-refractivity contribution in [1.82, 2.24) is 19.7 Å². The molecule has 0 saturated carbocycles. The molecule has 0 atom stereocenters. The summed E-state index contributed by atoms with van der Waals surface area (Å²) in [4.78, 5) is 18.7. The molecule has 1 amide bonds. The van der Waals surface area contributed by atoms with Crippen molar-refractivity contribution in [2.24, 2.45) is 0 Å². The SMILES string of the molecule is COc1cccnc1C(=O)N(C)Cc1c(C)nn(-c2ccccc2C)c1C. The van der Waals surface area contributed by atoms with Crippen molar-refractivity contribution < 1.29 is 9.53 Å². The van der Waals surface area contributed by atoms with Crippen LogP contribution >= 0.6 is 0 Å². The zero-order valence-corrected chi connectivity index (χ0v) is 16.4. The van der Waals surface area contributed by atoms with Crippen molar-refractivity contribution in [3.63, 3.8) is 0 Å². The topological polar surface area (TPSA) is 60.2 Å². The smallest absolute Gasteiger partial charge is 0.276 e. The van der Waals surface area contributed by atoms with Gasteiger partial charge in [0, 0.05) is 31.0 Å². The van der Waals surface area contributed by atoms with Crippen LogP contribution < -0.4 is 4.74 Å². The van der Waals surface area contributed by atoms with E-state index in [1.165, 1.54) is 7.11 Å². The van der Waals surface area contributed by atoms with Gasteiger partial charge in [0.05, 0.1) is 18.5 Å². The lowest BCUT2D eigenvalue weighted by atomic mass is 10.1. The Kier molecular flexibility index (Phi) is 5.26. The average Bonchev–Trinajstić information content (AvgIpc) is 2.95. The van der Waals surface area contributed by atoms with Gasteiger partial charge >= 0.3 is 0 Å². The summed E-state index contributed by atoms with van der Waals surface area (Å²) in [5.41, 5.74) is 5.47. The van der Waals surface area contributed by atoms with Gasteiger partial charge in [0.25, 0.3) is 5.91 Å². The molecule has 2 heterocycles. The first kappa shape index (κ1) is 18.6. The molecular formula is C21H24N4O2. The standard InChI is InChI=1S/C21H24N4O2/c1-14-9-6-7-10-18(14)25-16(3)17(15(2)23-25)13-24(4)21(26)20-19(27-5)11-8-12-22-20/h6-12H,13H2,1-5H3. The van der Waals surface area contributed by atoms with Crippen LogP contribution in [0, 0.1) is 20.8 Å². The Morgan fingerprint density at radius 1 is 1.15 bits per heavy atom. The summed E-state index contributed by atoms with van der Waals surface area (Å²) in [7, 11) is 3.30. The number of hydrogen-bond acceptors (Lipinski definition) is 4. The van der Waals surface area contributed by atoms with Crippen molar-refractivity contribution in [2.45, 2.75) is 27.3 Å². The molecule has 0 saturated heterocycles. The fourth-order valence-corrected chi connectivity index (χ4v) is 3.15. The number of pyridine rings is 1. The highest BCUT2D eigenvalue weighted by Gasteiger charge is 2.21. The van der Waals surface area contributed by atoms with Crippen LogP contribution in [0.5, 0.6) is 5.75 Å². The molecule has 0 bridgehead atoms. The predicted molar refractivity (Wildman–Crippen MR) is 104 cm³/mol. The van der Waals surface area contributed by atoms with Gasteiger partial charge < -0.3 is 9.64 Å². The van der Waals surface area contributed by atoms with Crippen LogP contribution in [-0.2, 0) is 6.54 Å². The maximum absolute atomic E-state index is 12.8. The number of methoxy groups -OCH3 is 1. The van der Waals surface area contributed by atoms with Crippen molar-refractivity contribution in [2.75, 3.05) is 14.2 Å². The number of hydrogen-bond donors (Lipinski definition) is 0. The molecular weight excluding hydrogens is 340 g/mol. The first-order chi connectivity index (χ1) is 12.9. The van der Waals surface area contributed by atoms with Crippen LogP contribution in [0.25, 0.3) is 5.69 Å². The van der Waals surface area contributed by atoms with Crippen LogP contribution in [0.2, 0.25) is 0 Å². The second-order valence-corrected chi connectivity index (χ2v) is 6.56. The van der Waals surface area contributed by atoms with Crippen molar-refractivity contribution in [1.29, 1.82) is 0 Å². The van der Waals surface area contributed by atoms with E-state index in [0.717, 1.165) is 28.2 Å². The molecule has 3 rings (SSSR count). The van der Waals surface area contributed by atoms with Gasteiger partial charge in [-0.2, -0.15) is 5.10 Å². The lowest BCUT2D eigenvalue weighted by Gasteiger charge is -2.18. The Labute approximate surface area is 159 Å². The predicted octanol–water partition coefficient (Wildman–Crippen LogP) is 3.47. The summed E-state index contributed by atoms with van der Waals surface area (Å²) in [5, 5.41) is 4.70. The lowest BCUT2D eigenvalue weighted by Crippen LogP contribution is -2.28. The molecule has 0 N–H and O–H groups in total. The molecule has 0 spiro atoms. The van der Waals surface area contributed by atoms with E-state index in [-0.39, 0.29) is 5.91 Å². The third kappa shape index (κ3) is 3.56. The molecule has 0 unspecified atom stereocenters. The number of carbonyl (C=O) groups is 1. The van der Waals surface area contributed by atoms with Crippen LogP contribution in [0.1, 0.15) is 33.0 Å². The van der Waals surface area contributed by atoms with Gasteiger partial charge in [-0.25, -0.2) is 9.67 Å². The Balaban J connectivity index is 1.90. The number of benzene rings is 1. The van der Waals surface area contributed by atoms with Gasteiger partial charge in [0.15, 0.2) is 5.69 Å². The third-order valence-corrected chi connectivity index (χ3v) is 4.72. The quantitative estimate of drug-likeness (QED) is 0.695. The third-order valence-electron chi connectivity index (χ3n) is 4.72. The second kappa shape index (κ2) is 7.61. The van der Waals surface area contributed by atoms with E-state index in [9.17, 15) is 4.79 Å². The highest BCUT2D eigenvalue weighted by molar-refractivity contribution is 5.94. The second-order valence-electron chi connectivity index (χ2n) is 6.56. The first-order valence-corrected chi connectivity index (χ1v) is 8.79. The molecule has 0 aliphatic rings. The van der Waals surface area contributed by atoms with E-state index < -0.39 is 0 Å². The Hall–Kier alpha value is -3.15. The molecule has 6 nitrogen and oxygen atoms in total. The highest BCUT2D eigenvalue weighted by Crippen LogP contribution is 2.23. The van der Waals surface area contributed by atoms with E-state index >= 15 is 0 Å². The van der Waals surface area contributed by atoms with Gasteiger partial charge in [0.1, 0.15) is 5.75 Å². The number of aryl methyl sites for hydroxylation is 2. The fraction of sp³-hybridized carbons (Fsp3) is 0.286. The molecule has 0 fully saturated rings. The number of rotatable bonds is 5. The number of nitrogens with zero attached hydrogens (tertiary/aromatic N) is 4. The van der Waals surface area contributed by atoms with Crippen LogP contribution in [0.4, 0.5) is 0 Å². The average molecular weight is 364 g/mol. The molecule has 0 aliphatic carbocycles. The summed E-state index contributed by atoms with van der Waals surface area (Å²) < 4.78 is 7.21. The number of amides is 1. The van der Waals surface area contributed by atoms with Gasteiger partial charge in [-0.1, -0.05) is 18.2 Å². The zero-order valence-electron chi connectivity index (χ0n) is 16.4. The zero-order chi connectivity index (χ0) is 19.6. The normalized spacial score (nSPS) is 10.7. The monoisotopic (exact) mass is 364 g/mol. The summed E-state index contributed by atoms with van der Waals surface area (Å²) in [5.74, 6) is 0.285. The molecule has 0 aliphatic heterocycles. The Morgan fingerprint density at radius 2 is 1.89 bits per heavy atom. The van der Waals surface area contributed by atoms with E-state index in [4.69, 9.17) is 9.84 Å². The van der Waals surface area contributed by atoms with Gasteiger partial charge in [-0.3, -0.25) is 4.79 Å². The van der Waals surface area contributed by atoms with Crippen LogP contribution in [-0.4, -0.2) is 39.7 Å². The number of para-hydroxylation sites is 1. The maximum atomic E-state index is 12.8. The van der Waals surface area contributed by atoms with Gasteiger partial charge in [-0.15, -0.1) is 0 Å². The van der Waals surface area contributed by atoms with E-state index in [1.54, 1.807) is 30.3 Å². The minimum atomic E-state index is -0.185. The molecule has 6 heteroatoms. The maximum Gasteiger partial charge on any atom is 0.276 e. The number of aromatic nitrogens is 3. The van der Waals surface area contributed by atoms with Crippen molar-refractivity contribution in [3.8, 4) is 11.4 Å². The molecule has 3 aromatic rings. The molecule has 0 radical (unpaired) electrons. The summed E-state index contributed by atoms with van der Waals surface area (Å²) in [6, 6.07) is 11.6. The van der Waals surface area contributed by atoms with E-state index in [0.29, 0.717) is 18.0 Å². The van der Waals surface area contributed by atoms with E-state index in [2.05, 4.69) is 18.0 Å².